The summed E-state index contributed by atoms with van der Waals surface area (Å²) in [6, 6.07) is 53.4. The molecule has 10 rings (SSSR count). The highest BCUT2D eigenvalue weighted by Gasteiger charge is 2.36. The van der Waals surface area contributed by atoms with Crippen molar-refractivity contribution >= 4 is 32.8 Å². The maximum Gasteiger partial charge on any atom is 0.160 e. The van der Waals surface area contributed by atoms with Gasteiger partial charge in [-0.1, -0.05) is 111 Å². The Morgan fingerprint density at radius 3 is 2.16 bits per heavy atom. The molecule has 0 N–H and O–H groups in total. The molecule has 0 atom stereocenters. The SMILES string of the molecule is CC1(C)c2ccccc2-c2c(-c3cc(-c4cc5ccccc5o4)nc(-c4ccc5c(c4)c4ccccc4n5-c4ccccc4)n3)cccc21. The lowest BCUT2D eigenvalue weighted by Crippen LogP contribution is -2.14. The van der Waals surface area contributed by atoms with E-state index in [1.807, 2.05) is 18.2 Å². The molecule has 6 aromatic carbocycles. The van der Waals surface area contributed by atoms with Crippen LogP contribution in [0.25, 0.3) is 83.7 Å². The summed E-state index contributed by atoms with van der Waals surface area (Å²) in [6.07, 6.45) is 0. The number of para-hydroxylation sites is 3. The third-order valence-electron chi connectivity index (χ3n) is 10.2. The molecule has 0 saturated carbocycles. The fourth-order valence-corrected chi connectivity index (χ4v) is 7.88. The molecule has 0 spiro atoms. The highest BCUT2D eigenvalue weighted by molar-refractivity contribution is 6.10. The van der Waals surface area contributed by atoms with Gasteiger partial charge in [0.1, 0.15) is 11.3 Å². The second-order valence-corrected chi connectivity index (χ2v) is 13.4. The first-order valence-electron chi connectivity index (χ1n) is 16.8. The highest BCUT2D eigenvalue weighted by atomic mass is 16.3. The van der Waals surface area contributed by atoms with E-state index in [4.69, 9.17) is 14.4 Å². The van der Waals surface area contributed by atoms with E-state index in [0.717, 1.165) is 55.8 Å². The van der Waals surface area contributed by atoms with Crippen LogP contribution >= 0.6 is 0 Å². The van der Waals surface area contributed by atoms with Crippen molar-refractivity contribution in [3.05, 3.63) is 163 Å². The van der Waals surface area contributed by atoms with Crippen LogP contribution < -0.4 is 0 Å². The lowest BCUT2D eigenvalue weighted by molar-refractivity contribution is 0.628. The van der Waals surface area contributed by atoms with Crippen LogP contribution in [-0.2, 0) is 5.41 Å². The molecule has 0 amide bonds. The fourth-order valence-electron chi connectivity index (χ4n) is 7.88. The van der Waals surface area contributed by atoms with Crippen molar-refractivity contribution < 1.29 is 4.42 Å². The first-order valence-corrected chi connectivity index (χ1v) is 16.8. The maximum atomic E-state index is 6.40. The molecule has 0 unspecified atom stereocenters. The highest BCUT2D eigenvalue weighted by Crippen LogP contribution is 2.52. The van der Waals surface area contributed by atoms with E-state index >= 15 is 0 Å². The molecule has 1 aliphatic carbocycles. The predicted molar refractivity (Wildman–Crippen MR) is 200 cm³/mol. The van der Waals surface area contributed by atoms with Crippen molar-refractivity contribution in [2.75, 3.05) is 0 Å². The van der Waals surface area contributed by atoms with E-state index in [9.17, 15) is 0 Å². The normalized spacial score (nSPS) is 13.3. The summed E-state index contributed by atoms with van der Waals surface area (Å²) >= 11 is 0. The van der Waals surface area contributed by atoms with Gasteiger partial charge in [0.25, 0.3) is 0 Å². The molecule has 3 heterocycles. The largest absolute Gasteiger partial charge is 0.454 e. The minimum Gasteiger partial charge on any atom is -0.454 e. The molecule has 0 fully saturated rings. The third-order valence-corrected chi connectivity index (χ3v) is 10.2. The van der Waals surface area contributed by atoms with E-state index < -0.39 is 0 Å². The molecule has 232 valence electrons. The topological polar surface area (TPSA) is 43.9 Å². The Bertz CT molecular complexity index is 2720. The van der Waals surface area contributed by atoms with E-state index in [0.29, 0.717) is 5.82 Å². The van der Waals surface area contributed by atoms with Crippen molar-refractivity contribution in [3.8, 4) is 50.9 Å². The van der Waals surface area contributed by atoms with Crippen molar-refractivity contribution in [1.82, 2.24) is 14.5 Å². The van der Waals surface area contributed by atoms with Gasteiger partial charge in [0.2, 0.25) is 0 Å². The Labute approximate surface area is 284 Å². The van der Waals surface area contributed by atoms with Crippen LogP contribution in [0.4, 0.5) is 0 Å². The van der Waals surface area contributed by atoms with Crippen molar-refractivity contribution in [1.29, 1.82) is 0 Å². The van der Waals surface area contributed by atoms with E-state index in [1.165, 1.54) is 33.2 Å². The number of fused-ring (bicyclic) bond motifs is 7. The van der Waals surface area contributed by atoms with Gasteiger partial charge in [-0.25, -0.2) is 9.97 Å². The molecular weight excluding hydrogens is 599 g/mol. The van der Waals surface area contributed by atoms with Gasteiger partial charge < -0.3 is 8.98 Å². The molecule has 0 saturated heterocycles. The molecule has 0 radical (unpaired) electrons. The molecule has 4 nitrogen and oxygen atoms in total. The number of aromatic nitrogens is 3. The summed E-state index contributed by atoms with van der Waals surface area (Å²) in [7, 11) is 0. The van der Waals surface area contributed by atoms with E-state index in [1.54, 1.807) is 0 Å². The van der Waals surface area contributed by atoms with E-state index in [-0.39, 0.29) is 5.41 Å². The number of nitrogens with zero attached hydrogens (tertiary/aromatic N) is 3. The average molecular weight is 630 g/mol. The Hall–Kier alpha value is -6.26. The van der Waals surface area contributed by atoms with Crippen molar-refractivity contribution in [3.63, 3.8) is 0 Å². The molecule has 3 aromatic heterocycles. The number of benzene rings is 6. The number of rotatable bonds is 4. The molecule has 0 bridgehead atoms. The van der Waals surface area contributed by atoms with Gasteiger partial charge in [0.15, 0.2) is 11.6 Å². The van der Waals surface area contributed by atoms with Gasteiger partial charge in [0.05, 0.1) is 16.7 Å². The van der Waals surface area contributed by atoms with Gasteiger partial charge in [-0.15, -0.1) is 0 Å². The minimum absolute atomic E-state index is 0.114. The summed E-state index contributed by atoms with van der Waals surface area (Å²) in [4.78, 5) is 10.5. The standard InChI is InChI=1S/C45H31N3O/c1-45(2)35-19-9-7-17-32(35)43-33(18-12-20-36(43)45)37-27-38(42-26-28-13-6-11-22-41(28)49-42)47-44(46-37)29-23-24-40-34(25-29)31-16-8-10-21-39(31)48(40)30-14-4-3-5-15-30/h3-27H,1-2H3. The average Bonchev–Trinajstić information content (AvgIpc) is 3.80. The van der Waals surface area contributed by atoms with Crippen molar-refractivity contribution in [2.45, 2.75) is 19.3 Å². The van der Waals surface area contributed by atoms with E-state index in [2.05, 4.69) is 152 Å². The lowest BCUT2D eigenvalue weighted by atomic mass is 9.82. The maximum absolute atomic E-state index is 6.40. The first-order chi connectivity index (χ1) is 24.0. The zero-order chi connectivity index (χ0) is 32.7. The smallest absolute Gasteiger partial charge is 0.160 e. The van der Waals surface area contributed by atoms with Crippen LogP contribution in [0.15, 0.2) is 156 Å². The zero-order valence-corrected chi connectivity index (χ0v) is 27.2. The summed E-state index contributed by atoms with van der Waals surface area (Å²) in [6.45, 7) is 4.63. The molecule has 0 aliphatic heterocycles. The van der Waals surface area contributed by atoms with Crippen LogP contribution in [0.3, 0.4) is 0 Å². The van der Waals surface area contributed by atoms with Gasteiger partial charge in [0, 0.05) is 38.4 Å². The predicted octanol–water partition coefficient (Wildman–Crippen LogP) is 11.6. The summed E-state index contributed by atoms with van der Waals surface area (Å²) in [5.41, 5.74) is 13.0. The molecular formula is C45H31N3O. The Balaban J connectivity index is 1.23. The second-order valence-electron chi connectivity index (χ2n) is 13.4. The fraction of sp³-hybridized carbons (Fsp3) is 0.0667. The Morgan fingerprint density at radius 1 is 0.551 bits per heavy atom. The van der Waals surface area contributed by atoms with Gasteiger partial charge in [-0.05, 0) is 76.9 Å². The van der Waals surface area contributed by atoms with Crippen LogP contribution in [0.1, 0.15) is 25.0 Å². The molecule has 1 aliphatic rings. The molecule has 4 heteroatoms. The van der Waals surface area contributed by atoms with Crippen LogP contribution in [0.5, 0.6) is 0 Å². The quantitative estimate of drug-likeness (QED) is 0.195. The third kappa shape index (κ3) is 4.17. The second kappa shape index (κ2) is 10.4. The van der Waals surface area contributed by atoms with Crippen LogP contribution in [0, 0.1) is 0 Å². The zero-order valence-electron chi connectivity index (χ0n) is 27.2. The van der Waals surface area contributed by atoms with Gasteiger partial charge in [-0.2, -0.15) is 0 Å². The van der Waals surface area contributed by atoms with Gasteiger partial charge in [-0.3, -0.25) is 0 Å². The van der Waals surface area contributed by atoms with Crippen molar-refractivity contribution in [2.24, 2.45) is 0 Å². The Kier molecular flexibility index (Phi) is 5.89. The molecule has 49 heavy (non-hydrogen) atoms. The summed E-state index contributed by atoms with van der Waals surface area (Å²) < 4.78 is 8.74. The summed E-state index contributed by atoms with van der Waals surface area (Å²) in [5, 5.41) is 3.40. The first kappa shape index (κ1) is 27.8. The monoisotopic (exact) mass is 629 g/mol. The number of furan rings is 1. The minimum atomic E-state index is -0.114. The van der Waals surface area contributed by atoms with Crippen LogP contribution in [0.2, 0.25) is 0 Å². The lowest BCUT2D eigenvalue weighted by Gasteiger charge is -2.21. The molecule has 9 aromatic rings. The van der Waals surface area contributed by atoms with Crippen LogP contribution in [-0.4, -0.2) is 14.5 Å². The number of hydrogen-bond acceptors (Lipinski definition) is 3. The summed E-state index contributed by atoms with van der Waals surface area (Å²) in [5.74, 6) is 1.38. The number of hydrogen-bond donors (Lipinski definition) is 0. The Morgan fingerprint density at radius 2 is 1.27 bits per heavy atom. The van der Waals surface area contributed by atoms with Gasteiger partial charge >= 0.3 is 0 Å².